The lowest BCUT2D eigenvalue weighted by Gasteiger charge is -2.17. The second-order valence-corrected chi connectivity index (χ2v) is 8.83. The minimum atomic E-state index is -4.44. The minimum absolute atomic E-state index is 0.0737. The molecular formula is C18H17F3N2O4S. The summed E-state index contributed by atoms with van der Waals surface area (Å²) in [6.45, 7) is 0. The minimum Gasteiger partial charge on any atom is -0.297 e. The largest absolute Gasteiger partial charge is 0.416 e. The number of sulfone groups is 1. The van der Waals surface area contributed by atoms with Gasteiger partial charge in [0, 0.05) is 18.7 Å². The van der Waals surface area contributed by atoms with Crippen molar-refractivity contribution in [3.05, 3.63) is 57.5 Å². The molecule has 1 aliphatic carbocycles. The number of benzene rings is 1. The third kappa shape index (κ3) is 4.67. The van der Waals surface area contributed by atoms with Gasteiger partial charge in [0.15, 0.2) is 5.78 Å². The molecular weight excluding hydrogens is 397 g/mol. The molecule has 6 nitrogen and oxygen atoms in total. The smallest absolute Gasteiger partial charge is 0.297 e. The fourth-order valence-corrected chi connectivity index (χ4v) is 3.58. The Morgan fingerprint density at radius 1 is 1.25 bits per heavy atom. The number of hydrogen-bond acceptors (Lipinski definition) is 5. The highest BCUT2D eigenvalue weighted by atomic mass is 32.2. The molecule has 28 heavy (non-hydrogen) atoms. The van der Waals surface area contributed by atoms with Crippen molar-refractivity contribution >= 4 is 15.6 Å². The number of aromatic nitrogens is 2. The van der Waals surface area contributed by atoms with Gasteiger partial charge in [0.2, 0.25) is 15.0 Å². The molecule has 0 radical (unpaired) electrons. The third-order valence-corrected chi connectivity index (χ3v) is 5.52. The van der Waals surface area contributed by atoms with Crippen molar-refractivity contribution in [1.82, 2.24) is 9.97 Å². The summed E-state index contributed by atoms with van der Waals surface area (Å²) in [5.74, 6) is -0.706. The van der Waals surface area contributed by atoms with Crippen LogP contribution in [0.5, 0.6) is 0 Å². The van der Waals surface area contributed by atoms with Crippen molar-refractivity contribution in [3.8, 4) is 0 Å². The van der Waals surface area contributed by atoms with Gasteiger partial charge in [-0.2, -0.15) is 13.2 Å². The number of alkyl halides is 3. The second-order valence-electron chi connectivity index (χ2n) is 6.90. The number of Topliss-reactive ketones (excluding diaryl/α,β-unsaturated/α-hetero) is 1. The molecule has 1 aliphatic rings. The number of halogens is 3. The van der Waals surface area contributed by atoms with E-state index in [9.17, 15) is 31.2 Å². The fraction of sp³-hybridized carbons (Fsp3) is 0.389. The molecule has 1 fully saturated rings. The van der Waals surface area contributed by atoms with Gasteiger partial charge in [0.1, 0.15) is 5.69 Å². The molecule has 0 bridgehead atoms. The molecule has 1 atom stereocenters. The van der Waals surface area contributed by atoms with Crippen LogP contribution in [-0.4, -0.2) is 30.4 Å². The third-order valence-electron chi connectivity index (χ3n) is 4.62. The fourth-order valence-electron chi connectivity index (χ4n) is 3.03. The van der Waals surface area contributed by atoms with Gasteiger partial charge in [-0.05, 0) is 42.4 Å². The summed E-state index contributed by atoms with van der Waals surface area (Å²) in [5.41, 5.74) is -1.22. The number of nitrogens with zero attached hydrogens (tertiary/aromatic N) is 1. The molecule has 0 aliphatic heterocycles. The van der Waals surface area contributed by atoms with Gasteiger partial charge < -0.3 is 0 Å². The Hall–Kier alpha value is -2.49. The van der Waals surface area contributed by atoms with Crippen LogP contribution in [0.2, 0.25) is 0 Å². The highest BCUT2D eigenvalue weighted by Gasteiger charge is 2.35. The van der Waals surface area contributed by atoms with Crippen LogP contribution < -0.4 is 5.56 Å². The monoisotopic (exact) mass is 414 g/mol. The van der Waals surface area contributed by atoms with Crippen LogP contribution in [0, 0.1) is 5.92 Å². The lowest BCUT2D eigenvalue weighted by atomic mass is 9.88. The number of nitrogens with one attached hydrogen (secondary N) is 1. The van der Waals surface area contributed by atoms with Gasteiger partial charge in [0.05, 0.1) is 5.56 Å². The zero-order valence-electron chi connectivity index (χ0n) is 14.8. The lowest BCUT2D eigenvalue weighted by molar-refractivity contribution is -0.137. The molecule has 0 unspecified atom stereocenters. The number of ketones is 1. The highest BCUT2D eigenvalue weighted by Crippen LogP contribution is 2.45. The van der Waals surface area contributed by atoms with E-state index in [0.717, 1.165) is 37.3 Å². The van der Waals surface area contributed by atoms with Crippen LogP contribution in [0.1, 0.15) is 46.8 Å². The predicted molar refractivity (Wildman–Crippen MR) is 93.8 cm³/mol. The van der Waals surface area contributed by atoms with Gasteiger partial charge in [-0.3, -0.25) is 14.6 Å². The van der Waals surface area contributed by atoms with E-state index < -0.39 is 38.1 Å². The zero-order valence-corrected chi connectivity index (χ0v) is 15.6. The topological polar surface area (TPSA) is 97.0 Å². The SMILES string of the molecule is CS(=O)(=O)c1nc(C(=O)C[C@@H](c2ccc(C(F)(F)F)cc2)C2CC2)cc(=O)[nH]1. The summed E-state index contributed by atoms with van der Waals surface area (Å²) in [5, 5.41) is -0.596. The lowest BCUT2D eigenvalue weighted by Crippen LogP contribution is -2.19. The summed E-state index contributed by atoms with van der Waals surface area (Å²) >= 11 is 0. The molecule has 1 saturated carbocycles. The van der Waals surface area contributed by atoms with Crippen molar-refractivity contribution in [2.75, 3.05) is 6.26 Å². The van der Waals surface area contributed by atoms with Gasteiger partial charge in [-0.15, -0.1) is 0 Å². The quantitative estimate of drug-likeness (QED) is 0.579. The molecule has 1 aromatic carbocycles. The number of carbonyl (C=O) groups excluding carboxylic acids is 1. The molecule has 2 aromatic rings. The summed E-state index contributed by atoms with van der Waals surface area (Å²) < 4.78 is 61.5. The first-order valence-electron chi connectivity index (χ1n) is 8.47. The highest BCUT2D eigenvalue weighted by molar-refractivity contribution is 7.90. The van der Waals surface area contributed by atoms with E-state index in [1.807, 2.05) is 0 Å². The van der Waals surface area contributed by atoms with Crippen molar-refractivity contribution in [3.63, 3.8) is 0 Å². The summed E-state index contributed by atoms with van der Waals surface area (Å²) in [6.07, 6.45) is -1.97. The van der Waals surface area contributed by atoms with Crippen molar-refractivity contribution in [2.45, 2.75) is 36.5 Å². The summed E-state index contributed by atoms with van der Waals surface area (Å²) in [4.78, 5) is 30.1. The van der Waals surface area contributed by atoms with E-state index in [2.05, 4.69) is 9.97 Å². The Labute approximate surface area is 158 Å². The van der Waals surface area contributed by atoms with Crippen LogP contribution in [-0.2, 0) is 16.0 Å². The van der Waals surface area contributed by atoms with Crippen molar-refractivity contribution in [2.24, 2.45) is 5.92 Å². The van der Waals surface area contributed by atoms with E-state index in [-0.39, 0.29) is 24.0 Å². The Morgan fingerprint density at radius 3 is 2.36 bits per heavy atom. The Balaban J connectivity index is 1.87. The predicted octanol–water partition coefficient (Wildman–Crippen LogP) is 2.96. The first-order chi connectivity index (χ1) is 12.9. The maximum absolute atomic E-state index is 12.8. The Bertz CT molecular complexity index is 1060. The molecule has 1 N–H and O–H groups in total. The maximum Gasteiger partial charge on any atom is 0.416 e. The summed E-state index contributed by atoms with van der Waals surface area (Å²) in [6, 6.07) is 5.58. The number of rotatable bonds is 6. The molecule has 0 spiro atoms. The number of hydrogen-bond donors (Lipinski definition) is 1. The van der Waals surface area contributed by atoms with E-state index >= 15 is 0 Å². The Morgan fingerprint density at radius 2 is 1.86 bits per heavy atom. The van der Waals surface area contributed by atoms with Gasteiger partial charge in [-0.25, -0.2) is 13.4 Å². The average molecular weight is 414 g/mol. The summed E-state index contributed by atoms with van der Waals surface area (Å²) in [7, 11) is -3.81. The van der Waals surface area contributed by atoms with Crippen molar-refractivity contribution < 1.29 is 26.4 Å². The molecule has 1 heterocycles. The molecule has 1 aromatic heterocycles. The maximum atomic E-state index is 12.8. The Kier molecular flexibility index (Phi) is 5.18. The average Bonchev–Trinajstić information content (AvgIpc) is 3.42. The van der Waals surface area contributed by atoms with E-state index in [1.165, 1.54) is 12.1 Å². The normalized spacial score (nSPS) is 16.0. The van der Waals surface area contributed by atoms with E-state index in [4.69, 9.17) is 0 Å². The molecule has 10 heteroatoms. The molecule has 150 valence electrons. The van der Waals surface area contributed by atoms with E-state index in [0.29, 0.717) is 5.56 Å². The van der Waals surface area contributed by atoms with Crippen LogP contribution >= 0.6 is 0 Å². The van der Waals surface area contributed by atoms with Crippen molar-refractivity contribution in [1.29, 1.82) is 0 Å². The molecule has 0 saturated heterocycles. The van der Waals surface area contributed by atoms with Gasteiger partial charge in [0.25, 0.3) is 5.56 Å². The molecule has 0 amide bonds. The second kappa shape index (κ2) is 7.16. The van der Waals surface area contributed by atoms with Gasteiger partial charge in [-0.1, -0.05) is 12.1 Å². The first kappa shape index (κ1) is 20.2. The van der Waals surface area contributed by atoms with E-state index in [1.54, 1.807) is 0 Å². The van der Waals surface area contributed by atoms with Crippen LogP contribution in [0.15, 0.2) is 40.3 Å². The van der Waals surface area contributed by atoms with Crippen LogP contribution in [0.4, 0.5) is 13.2 Å². The zero-order chi connectivity index (χ0) is 20.7. The van der Waals surface area contributed by atoms with Gasteiger partial charge >= 0.3 is 6.18 Å². The standard InChI is InChI=1S/C18H17F3N2O4S/c1-28(26,27)17-22-14(9-16(25)23-17)15(24)8-13(10-2-3-10)11-4-6-12(7-5-11)18(19,20)21/h4-7,9-10,13H,2-3,8H2,1H3,(H,22,23,25)/t13-/m1/s1. The molecule has 3 rings (SSSR count). The van der Waals surface area contributed by atoms with Crippen LogP contribution in [0.3, 0.4) is 0 Å². The first-order valence-corrected chi connectivity index (χ1v) is 10.4. The van der Waals surface area contributed by atoms with Crippen LogP contribution in [0.25, 0.3) is 0 Å². The number of H-pyrrole nitrogens is 1. The number of aromatic amines is 1. The number of carbonyl (C=O) groups is 1.